The molecule has 0 spiro atoms. The number of hydrogen-bond donors (Lipinski definition) is 1. The molecule has 3 nitrogen and oxygen atoms in total. The monoisotopic (exact) mass is 277 g/mol. The Bertz CT molecular complexity index is 456. The molecule has 0 aromatic heterocycles. The molecule has 112 valence electrons. The van der Waals surface area contributed by atoms with E-state index in [4.69, 9.17) is 15.2 Å². The molecule has 1 aromatic rings. The zero-order valence-electron chi connectivity index (χ0n) is 13.1. The smallest absolute Gasteiger partial charge is 0.160 e. The lowest BCUT2D eigenvalue weighted by molar-refractivity contribution is 0.165. The van der Waals surface area contributed by atoms with Crippen molar-refractivity contribution in [2.24, 2.45) is 17.1 Å². The Morgan fingerprint density at radius 2 is 1.90 bits per heavy atom. The fraction of sp³-hybridized carbons (Fsp3) is 0.647. The van der Waals surface area contributed by atoms with Crippen LogP contribution in [-0.4, -0.2) is 20.8 Å². The molecule has 1 aromatic carbocycles. The minimum Gasteiger partial charge on any atom is -0.493 e. The first-order valence-corrected chi connectivity index (χ1v) is 7.42. The van der Waals surface area contributed by atoms with Crippen LogP contribution in [0, 0.1) is 11.3 Å². The van der Waals surface area contributed by atoms with E-state index in [1.165, 1.54) is 24.8 Å². The molecule has 2 N–H and O–H groups in total. The molecule has 2 unspecified atom stereocenters. The van der Waals surface area contributed by atoms with Gasteiger partial charge < -0.3 is 15.2 Å². The van der Waals surface area contributed by atoms with Gasteiger partial charge in [0.15, 0.2) is 11.5 Å². The van der Waals surface area contributed by atoms with Crippen molar-refractivity contribution in [3.05, 3.63) is 23.8 Å². The first-order chi connectivity index (χ1) is 9.50. The maximum atomic E-state index is 5.99. The van der Waals surface area contributed by atoms with Crippen molar-refractivity contribution >= 4 is 0 Å². The Hall–Kier alpha value is -1.22. The molecule has 1 saturated carbocycles. The Labute approximate surface area is 122 Å². The third-order valence-corrected chi connectivity index (χ3v) is 4.67. The summed E-state index contributed by atoms with van der Waals surface area (Å²) in [7, 11) is 3.36. The van der Waals surface area contributed by atoms with Gasteiger partial charge in [-0.25, -0.2) is 0 Å². The first kappa shape index (κ1) is 15.2. The standard InChI is InChI=1S/C17H27NO2/c1-17(2)8-7-13(11-18)14(10-17)12-5-6-15(19-3)16(9-12)20-4/h5-6,9,13-14H,7-8,10-11,18H2,1-4H3. The maximum Gasteiger partial charge on any atom is 0.160 e. The van der Waals surface area contributed by atoms with Crippen LogP contribution in [-0.2, 0) is 0 Å². The lowest BCUT2D eigenvalue weighted by Crippen LogP contribution is -2.32. The van der Waals surface area contributed by atoms with Gasteiger partial charge >= 0.3 is 0 Å². The molecule has 0 bridgehead atoms. The summed E-state index contributed by atoms with van der Waals surface area (Å²) >= 11 is 0. The number of hydrogen-bond acceptors (Lipinski definition) is 3. The van der Waals surface area contributed by atoms with E-state index in [0.29, 0.717) is 17.3 Å². The summed E-state index contributed by atoms with van der Waals surface area (Å²) in [6.07, 6.45) is 3.66. The van der Waals surface area contributed by atoms with Crippen molar-refractivity contribution in [3.8, 4) is 11.5 Å². The highest BCUT2D eigenvalue weighted by Gasteiger charge is 2.35. The lowest BCUT2D eigenvalue weighted by atomic mass is 9.65. The predicted molar refractivity (Wildman–Crippen MR) is 82.5 cm³/mol. The van der Waals surface area contributed by atoms with Crippen LogP contribution in [0.15, 0.2) is 18.2 Å². The van der Waals surface area contributed by atoms with E-state index in [9.17, 15) is 0 Å². The van der Waals surface area contributed by atoms with Crippen LogP contribution < -0.4 is 15.2 Å². The molecule has 1 aliphatic rings. The van der Waals surface area contributed by atoms with E-state index in [2.05, 4.69) is 26.0 Å². The SMILES string of the molecule is COc1ccc(C2CC(C)(C)CCC2CN)cc1OC. The fourth-order valence-electron chi connectivity index (χ4n) is 3.40. The highest BCUT2D eigenvalue weighted by molar-refractivity contribution is 5.44. The number of nitrogens with two attached hydrogens (primary N) is 1. The number of benzene rings is 1. The summed E-state index contributed by atoms with van der Waals surface area (Å²) in [5.74, 6) is 2.68. The summed E-state index contributed by atoms with van der Waals surface area (Å²) in [5, 5.41) is 0. The molecule has 0 amide bonds. The van der Waals surface area contributed by atoms with E-state index in [-0.39, 0.29) is 0 Å². The third-order valence-electron chi connectivity index (χ3n) is 4.67. The second-order valence-electron chi connectivity index (χ2n) is 6.62. The van der Waals surface area contributed by atoms with E-state index >= 15 is 0 Å². The third kappa shape index (κ3) is 3.09. The minimum absolute atomic E-state index is 0.392. The van der Waals surface area contributed by atoms with Gasteiger partial charge in [0, 0.05) is 0 Å². The minimum atomic E-state index is 0.392. The fourth-order valence-corrected chi connectivity index (χ4v) is 3.40. The number of ether oxygens (including phenoxy) is 2. The first-order valence-electron chi connectivity index (χ1n) is 7.42. The average molecular weight is 277 g/mol. The topological polar surface area (TPSA) is 44.5 Å². The van der Waals surface area contributed by atoms with Crippen LogP contribution in [0.4, 0.5) is 0 Å². The van der Waals surface area contributed by atoms with Crippen molar-refractivity contribution in [2.75, 3.05) is 20.8 Å². The van der Waals surface area contributed by atoms with Gasteiger partial charge in [0.25, 0.3) is 0 Å². The molecule has 1 fully saturated rings. The Morgan fingerprint density at radius 3 is 2.50 bits per heavy atom. The quantitative estimate of drug-likeness (QED) is 0.915. The van der Waals surface area contributed by atoms with Crippen molar-refractivity contribution in [1.29, 1.82) is 0 Å². The van der Waals surface area contributed by atoms with Crippen molar-refractivity contribution < 1.29 is 9.47 Å². The van der Waals surface area contributed by atoms with Crippen molar-refractivity contribution in [1.82, 2.24) is 0 Å². The second kappa shape index (κ2) is 6.04. The molecule has 3 heteroatoms. The van der Waals surface area contributed by atoms with Gasteiger partial charge in [-0.15, -0.1) is 0 Å². The molecule has 0 heterocycles. The lowest BCUT2D eigenvalue weighted by Gasteiger charge is -2.41. The molecular formula is C17H27NO2. The Balaban J connectivity index is 2.32. The van der Waals surface area contributed by atoms with Crippen LogP contribution in [0.25, 0.3) is 0 Å². The van der Waals surface area contributed by atoms with Gasteiger partial charge in [-0.3, -0.25) is 0 Å². The molecule has 0 saturated heterocycles. The van der Waals surface area contributed by atoms with Crippen LogP contribution in [0.1, 0.15) is 44.6 Å². The van der Waals surface area contributed by atoms with E-state index in [1.807, 2.05) is 6.07 Å². The summed E-state index contributed by atoms with van der Waals surface area (Å²) in [5.41, 5.74) is 7.71. The zero-order chi connectivity index (χ0) is 14.8. The van der Waals surface area contributed by atoms with Crippen LogP contribution in [0.2, 0.25) is 0 Å². The molecule has 0 aliphatic heterocycles. The second-order valence-corrected chi connectivity index (χ2v) is 6.62. The highest BCUT2D eigenvalue weighted by atomic mass is 16.5. The van der Waals surface area contributed by atoms with Crippen molar-refractivity contribution in [3.63, 3.8) is 0 Å². The van der Waals surface area contributed by atoms with Gasteiger partial charge in [0.05, 0.1) is 14.2 Å². The van der Waals surface area contributed by atoms with Gasteiger partial charge in [-0.05, 0) is 60.8 Å². The largest absolute Gasteiger partial charge is 0.493 e. The average Bonchev–Trinajstić information content (AvgIpc) is 2.45. The van der Waals surface area contributed by atoms with Gasteiger partial charge in [0.1, 0.15) is 0 Å². The van der Waals surface area contributed by atoms with Gasteiger partial charge in [-0.2, -0.15) is 0 Å². The Kier molecular flexibility index (Phi) is 4.59. The van der Waals surface area contributed by atoms with E-state index < -0.39 is 0 Å². The Morgan fingerprint density at radius 1 is 1.20 bits per heavy atom. The molecule has 2 atom stereocenters. The van der Waals surface area contributed by atoms with Crippen LogP contribution in [0.3, 0.4) is 0 Å². The van der Waals surface area contributed by atoms with E-state index in [1.54, 1.807) is 14.2 Å². The van der Waals surface area contributed by atoms with Crippen LogP contribution in [0.5, 0.6) is 11.5 Å². The summed E-state index contributed by atoms with van der Waals surface area (Å²) in [6, 6.07) is 6.28. The number of rotatable bonds is 4. The zero-order valence-corrected chi connectivity index (χ0v) is 13.1. The van der Waals surface area contributed by atoms with Gasteiger partial charge in [-0.1, -0.05) is 19.9 Å². The van der Waals surface area contributed by atoms with Crippen molar-refractivity contribution in [2.45, 2.75) is 39.0 Å². The summed E-state index contributed by atoms with van der Waals surface area (Å²) in [6.45, 7) is 5.47. The molecule has 2 rings (SSSR count). The molecule has 1 aliphatic carbocycles. The predicted octanol–water partition coefficient (Wildman–Crippen LogP) is 3.57. The molecular weight excluding hydrogens is 250 g/mol. The number of methoxy groups -OCH3 is 2. The van der Waals surface area contributed by atoms with Crippen LogP contribution >= 0.6 is 0 Å². The molecule has 20 heavy (non-hydrogen) atoms. The molecule has 0 radical (unpaired) electrons. The van der Waals surface area contributed by atoms with E-state index in [0.717, 1.165) is 18.0 Å². The summed E-state index contributed by atoms with van der Waals surface area (Å²) in [4.78, 5) is 0. The summed E-state index contributed by atoms with van der Waals surface area (Å²) < 4.78 is 10.8. The highest BCUT2D eigenvalue weighted by Crippen LogP contribution is 2.47. The normalized spacial score (nSPS) is 25.2. The van der Waals surface area contributed by atoms with Gasteiger partial charge in [0.2, 0.25) is 0 Å². The maximum absolute atomic E-state index is 5.99.